The van der Waals surface area contributed by atoms with Crippen molar-refractivity contribution in [3.05, 3.63) is 24.3 Å². The van der Waals surface area contributed by atoms with Crippen LogP contribution in [0.15, 0.2) is 18.6 Å². The third kappa shape index (κ3) is 8.47. The molecule has 0 spiro atoms. The molecule has 0 radical (unpaired) electrons. The number of fused-ring (bicyclic) bond motifs is 1. The van der Waals surface area contributed by atoms with Crippen LogP contribution in [0.25, 0.3) is 0 Å². The molecule has 2 aliphatic carbocycles. The first-order valence-electron chi connectivity index (χ1n) is 16.8. The van der Waals surface area contributed by atoms with Crippen molar-refractivity contribution in [1.82, 2.24) is 36.1 Å². The number of likely N-dealkylation sites (tertiary alicyclic amines) is 1. The lowest BCUT2D eigenvalue weighted by Crippen LogP contribution is -2.61. The first kappa shape index (κ1) is 35.0. The highest BCUT2D eigenvalue weighted by Crippen LogP contribution is 2.40. The summed E-state index contributed by atoms with van der Waals surface area (Å²) < 4.78 is 0. The molecule has 6 atom stereocenters. The van der Waals surface area contributed by atoms with Crippen molar-refractivity contribution in [1.29, 1.82) is 0 Å². The molecule has 2 heterocycles. The van der Waals surface area contributed by atoms with Crippen LogP contribution in [0.5, 0.6) is 0 Å². The molecule has 3 fully saturated rings. The van der Waals surface area contributed by atoms with Gasteiger partial charge in [-0.05, 0) is 56.3 Å². The second-order valence-electron chi connectivity index (χ2n) is 13.6. The third-order valence-electron chi connectivity index (χ3n) is 9.25. The van der Waals surface area contributed by atoms with Crippen LogP contribution in [-0.2, 0) is 24.0 Å². The highest BCUT2D eigenvalue weighted by molar-refractivity contribution is 6.38. The molecular formula is C33H49N7O6. The Morgan fingerprint density at radius 3 is 2.20 bits per heavy atom. The van der Waals surface area contributed by atoms with Gasteiger partial charge in [0, 0.05) is 24.5 Å². The number of hydrogen-bond acceptors (Lipinski definition) is 8. The summed E-state index contributed by atoms with van der Waals surface area (Å²) in [4.78, 5) is 89.9. The number of nitrogens with one attached hydrogen (secondary N) is 4. The predicted molar refractivity (Wildman–Crippen MR) is 169 cm³/mol. The molecule has 1 saturated heterocycles. The largest absolute Gasteiger partial charge is 0.347 e. The summed E-state index contributed by atoms with van der Waals surface area (Å²) in [6.45, 7) is 9.10. The second-order valence-corrected chi connectivity index (χ2v) is 13.6. The Morgan fingerprint density at radius 2 is 1.59 bits per heavy atom. The van der Waals surface area contributed by atoms with Crippen molar-refractivity contribution in [3.8, 4) is 0 Å². The molecule has 5 amide bonds. The van der Waals surface area contributed by atoms with E-state index in [1.165, 1.54) is 18.6 Å². The molecule has 0 aromatic carbocycles. The first-order valence-corrected chi connectivity index (χ1v) is 16.8. The smallest absolute Gasteiger partial charge is 0.289 e. The van der Waals surface area contributed by atoms with E-state index < -0.39 is 53.6 Å². The molecule has 13 nitrogen and oxygen atoms in total. The molecule has 0 bridgehead atoms. The molecule has 13 heteroatoms. The third-order valence-corrected chi connectivity index (χ3v) is 9.25. The summed E-state index contributed by atoms with van der Waals surface area (Å²) in [5, 5.41) is 11.1. The molecule has 252 valence electrons. The number of rotatable bonds is 14. The minimum absolute atomic E-state index is 0.0132. The van der Waals surface area contributed by atoms with Gasteiger partial charge in [-0.1, -0.05) is 53.9 Å². The Labute approximate surface area is 270 Å². The van der Waals surface area contributed by atoms with E-state index in [1.54, 1.807) is 18.7 Å². The summed E-state index contributed by atoms with van der Waals surface area (Å²) >= 11 is 0. The Kier molecular flexibility index (Phi) is 11.9. The normalized spacial score (nSPS) is 22.8. The fourth-order valence-electron chi connectivity index (χ4n) is 6.56. The minimum Gasteiger partial charge on any atom is -0.347 e. The van der Waals surface area contributed by atoms with E-state index in [-0.39, 0.29) is 41.4 Å². The molecule has 2 saturated carbocycles. The summed E-state index contributed by atoms with van der Waals surface area (Å²) in [6, 6.07) is -3.90. The van der Waals surface area contributed by atoms with Gasteiger partial charge in [0.15, 0.2) is 0 Å². The zero-order valence-corrected chi connectivity index (χ0v) is 27.6. The molecule has 1 aromatic heterocycles. The van der Waals surface area contributed by atoms with Crippen molar-refractivity contribution in [2.75, 3.05) is 0 Å². The quantitative estimate of drug-likeness (QED) is 0.222. The van der Waals surface area contributed by atoms with Crippen LogP contribution in [0, 0.1) is 17.8 Å². The second kappa shape index (κ2) is 15.6. The minimum atomic E-state index is -0.985. The van der Waals surface area contributed by atoms with Crippen LogP contribution in [0.4, 0.5) is 0 Å². The Balaban J connectivity index is 1.52. The van der Waals surface area contributed by atoms with Gasteiger partial charge in [-0.15, -0.1) is 0 Å². The molecule has 3 aliphatic rings. The van der Waals surface area contributed by atoms with Gasteiger partial charge >= 0.3 is 0 Å². The number of nitrogens with zero attached hydrogens (tertiary/aromatic N) is 3. The lowest BCUT2D eigenvalue weighted by molar-refractivity contribution is -0.146. The van der Waals surface area contributed by atoms with Gasteiger partial charge in [0.05, 0.1) is 12.2 Å². The van der Waals surface area contributed by atoms with Crippen LogP contribution < -0.4 is 21.3 Å². The van der Waals surface area contributed by atoms with Gasteiger partial charge in [-0.3, -0.25) is 33.8 Å². The van der Waals surface area contributed by atoms with E-state index in [0.29, 0.717) is 19.3 Å². The fourth-order valence-corrected chi connectivity index (χ4v) is 6.56. The van der Waals surface area contributed by atoms with Gasteiger partial charge in [0.2, 0.25) is 23.5 Å². The number of carbonyl (C=O) groups is 6. The topological polar surface area (TPSA) is 180 Å². The maximum absolute atomic E-state index is 14.4. The Morgan fingerprint density at radius 1 is 0.891 bits per heavy atom. The van der Waals surface area contributed by atoms with Crippen LogP contribution in [0.2, 0.25) is 0 Å². The maximum Gasteiger partial charge on any atom is 0.289 e. The number of hydrogen-bond donors (Lipinski definition) is 4. The SMILES string of the molecule is CCCC(NC(=O)[C@H]1C[C@@H]2CCCC[C@@H]2N1C(=O)[C@@H](NC(=O)[C@@H](NC(=O)c1cnccn1)C(C)C)C(C)C)C(=O)C(=O)NC1CC1. The van der Waals surface area contributed by atoms with E-state index in [0.717, 1.165) is 38.5 Å². The van der Waals surface area contributed by atoms with Crippen molar-refractivity contribution in [3.63, 3.8) is 0 Å². The highest BCUT2D eigenvalue weighted by Gasteiger charge is 2.50. The number of carbonyl (C=O) groups excluding carboxylic acids is 6. The summed E-state index contributed by atoms with van der Waals surface area (Å²) in [6.07, 6.45) is 10.7. The van der Waals surface area contributed by atoms with Gasteiger partial charge < -0.3 is 26.2 Å². The molecule has 46 heavy (non-hydrogen) atoms. The Bertz CT molecular complexity index is 1280. The average Bonchev–Trinajstić information content (AvgIpc) is 3.77. The summed E-state index contributed by atoms with van der Waals surface area (Å²) in [5.41, 5.74) is 0.0663. The molecule has 4 N–H and O–H groups in total. The zero-order chi connectivity index (χ0) is 33.5. The van der Waals surface area contributed by atoms with Crippen molar-refractivity contribution >= 4 is 35.3 Å². The standard InChI is InChI=1S/C33H49N7O6/c1-6-9-22(28(41)32(45)36-21-12-13-21)37-30(43)25-16-20-10-7-8-11-24(20)40(25)33(46)27(19(4)5)39-31(44)26(18(2)3)38-29(42)23-17-34-14-15-35-23/h14-15,17-22,24-27H,6-13,16H2,1-5H3,(H,36,45)(H,37,43)(H,38,42)(H,39,44)/t20-,22?,24-,25+,26-,27-/m0/s1. The average molecular weight is 640 g/mol. The van der Waals surface area contributed by atoms with Crippen molar-refractivity contribution < 1.29 is 28.8 Å². The zero-order valence-electron chi connectivity index (χ0n) is 27.6. The molecule has 1 aliphatic heterocycles. The van der Waals surface area contributed by atoms with E-state index in [9.17, 15) is 28.8 Å². The summed E-state index contributed by atoms with van der Waals surface area (Å²) in [7, 11) is 0. The highest BCUT2D eigenvalue weighted by atomic mass is 16.2. The van der Waals surface area contributed by atoms with E-state index in [1.807, 2.05) is 20.8 Å². The number of ketones is 1. The fraction of sp³-hybridized carbons (Fsp3) is 0.697. The van der Waals surface area contributed by atoms with Gasteiger partial charge in [0.1, 0.15) is 23.8 Å². The van der Waals surface area contributed by atoms with Crippen LogP contribution >= 0.6 is 0 Å². The van der Waals surface area contributed by atoms with Crippen LogP contribution in [-0.4, -0.2) is 86.4 Å². The summed E-state index contributed by atoms with van der Waals surface area (Å²) in [5.74, 6) is -3.79. The van der Waals surface area contributed by atoms with Gasteiger partial charge in [0.25, 0.3) is 11.8 Å². The van der Waals surface area contributed by atoms with Crippen LogP contribution in [0.3, 0.4) is 0 Å². The molecule has 1 unspecified atom stereocenters. The van der Waals surface area contributed by atoms with Gasteiger partial charge in [-0.2, -0.15) is 0 Å². The van der Waals surface area contributed by atoms with Crippen molar-refractivity contribution in [2.45, 2.75) is 129 Å². The van der Waals surface area contributed by atoms with Crippen LogP contribution in [0.1, 0.15) is 103 Å². The number of aromatic nitrogens is 2. The van der Waals surface area contributed by atoms with Gasteiger partial charge in [-0.25, -0.2) is 4.98 Å². The first-order chi connectivity index (χ1) is 21.9. The monoisotopic (exact) mass is 639 g/mol. The Hall–Kier alpha value is -3.90. The maximum atomic E-state index is 14.4. The lowest BCUT2D eigenvalue weighted by Gasteiger charge is -2.37. The molecule has 4 rings (SSSR count). The van der Waals surface area contributed by atoms with E-state index >= 15 is 0 Å². The molecule has 1 aromatic rings. The number of Topliss-reactive ketones (excluding diaryl/α,β-unsaturated/α-hetero) is 1. The van der Waals surface area contributed by atoms with E-state index in [2.05, 4.69) is 31.2 Å². The molecular weight excluding hydrogens is 590 g/mol. The lowest BCUT2D eigenvalue weighted by atomic mass is 9.84. The van der Waals surface area contributed by atoms with Crippen molar-refractivity contribution in [2.24, 2.45) is 17.8 Å². The van der Waals surface area contributed by atoms with E-state index in [4.69, 9.17) is 0 Å². The predicted octanol–water partition coefficient (Wildman–Crippen LogP) is 1.66. The number of amides is 5.